The van der Waals surface area contributed by atoms with Gasteiger partial charge in [0.25, 0.3) is 11.6 Å². The number of aliphatic hydroxyl groups excluding tert-OH is 1. The van der Waals surface area contributed by atoms with E-state index in [4.69, 9.17) is 0 Å². The molecule has 1 aromatic rings. The number of hydrogen-bond donors (Lipinski definition) is 3. The lowest BCUT2D eigenvalue weighted by molar-refractivity contribution is -0.384. The van der Waals surface area contributed by atoms with Gasteiger partial charge in [-0.3, -0.25) is 14.9 Å². The number of carbonyl (C=O) groups excluding carboxylic acids is 1. The molecule has 1 amide bonds. The second-order valence-electron chi connectivity index (χ2n) is 4.39. The molecule has 7 heteroatoms. The molecule has 0 heterocycles. The Kier molecular flexibility index (Phi) is 5.92. The van der Waals surface area contributed by atoms with Crippen molar-refractivity contribution in [3.63, 3.8) is 0 Å². The molecule has 1 aromatic carbocycles. The predicted molar refractivity (Wildman–Crippen MR) is 75.9 cm³/mol. The molecular weight excluding hydrogens is 262 g/mol. The summed E-state index contributed by atoms with van der Waals surface area (Å²) in [5, 5.41) is 25.9. The maximum atomic E-state index is 11.5. The van der Waals surface area contributed by atoms with Gasteiger partial charge in [0.05, 0.1) is 11.0 Å². The number of carbonyl (C=O) groups is 1. The standard InChI is InChI=1S/C13H19N3O4/c1-3-4-10(17)8-15-11-7-9(13(18)14-2)5-6-12(11)16(19)20/h5-7,10,15,17H,3-4,8H2,1-2H3,(H,14,18). The van der Waals surface area contributed by atoms with Crippen molar-refractivity contribution in [3.8, 4) is 0 Å². The minimum atomic E-state index is -0.580. The van der Waals surface area contributed by atoms with Crippen molar-refractivity contribution in [3.05, 3.63) is 33.9 Å². The lowest BCUT2D eigenvalue weighted by atomic mass is 10.1. The van der Waals surface area contributed by atoms with Crippen LogP contribution in [0.25, 0.3) is 0 Å². The zero-order chi connectivity index (χ0) is 15.1. The molecule has 0 aliphatic rings. The molecule has 1 unspecified atom stereocenters. The van der Waals surface area contributed by atoms with Gasteiger partial charge in [0.2, 0.25) is 0 Å². The molecular formula is C13H19N3O4. The quantitative estimate of drug-likeness (QED) is 0.519. The topological polar surface area (TPSA) is 104 Å². The summed E-state index contributed by atoms with van der Waals surface area (Å²) in [4.78, 5) is 21.9. The van der Waals surface area contributed by atoms with Crippen molar-refractivity contribution in [1.82, 2.24) is 5.32 Å². The fourth-order valence-electron chi connectivity index (χ4n) is 1.79. The number of nitro groups is 1. The van der Waals surface area contributed by atoms with E-state index in [1.54, 1.807) is 0 Å². The third-order valence-electron chi connectivity index (χ3n) is 2.83. The Bertz CT molecular complexity index is 491. The van der Waals surface area contributed by atoms with E-state index in [-0.39, 0.29) is 23.8 Å². The minimum Gasteiger partial charge on any atom is -0.391 e. The molecule has 0 saturated carbocycles. The first-order valence-electron chi connectivity index (χ1n) is 6.42. The second-order valence-corrected chi connectivity index (χ2v) is 4.39. The van der Waals surface area contributed by atoms with Crippen molar-refractivity contribution in [2.24, 2.45) is 0 Å². The van der Waals surface area contributed by atoms with E-state index >= 15 is 0 Å². The van der Waals surface area contributed by atoms with Crippen molar-refractivity contribution in [2.75, 3.05) is 18.9 Å². The van der Waals surface area contributed by atoms with Gasteiger partial charge in [-0.2, -0.15) is 0 Å². The summed E-state index contributed by atoms with van der Waals surface area (Å²) in [7, 11) is 1.49. The molecule has 20 heavy (non-hydrogen) atoms. The third kappa shape index (κ3) is 4.20. The number of anilines is 1. The van der Waals surface area contributed by atoms with Crippen LogP contribution in [0.4, 0.5) is 11.4 Å². The lowest BCUT2D eigenvalue weighted by Gasteiger charge is -2.12. The summed E-state index contributed by atoms with van der Waals surface area (Å²) in [6, 6.07) is 4.08. The fourth-order valence-corrected chi connectivity index (χ4v) is 1.79. The summed E-state index contributed by atoms with van der Waals surface area (Å²) < 4.78 is 0. The van der Waals surface area contributed by atoms with Crippen molar-refractivity contribution >= 4 is 17.3 Å². The van der Waals surface area contributed by atoms with Gasteiger partial charge in [-0.25, -0.2) is 0 Å². The summed E-state index contributed by atoms with van der Waals surface area (Å²) in [6.45, 7) is 2.14. The first-order valence-corrected chi connectivity index (χ1v) is 6.42. The van der Waals surface area contributed by atoms with E-state index in [2.05, 4.69) is 10.6 Å². The van der Waals surface area contributed by atoms with Crippen molar-refractivity contribution in [1.29, 1.82) is 0 Å². The van der Waals surface area contributed by atoms with Gasteiger partial charge < -0.3 is 15.7 Å². The highest BCUT2D eigenvalue weighted by Gasteiger charge is 2.17. The van der Waals surface area contributed by atoms with Crippen molar-refractivity contribution < 1.29 is 14.8 Å². The van der Waals surface area contributed by atoms with E-state index in [1.165, 1.54) is 25.2 Å². The van der Waals surface area contributed by atoms with Crippen LogP contribution in [0, 0.1) is 10.1 Å². The largest absolute Gasteiger partial charge is 0.391 e. The van der Waals surface area contributed by atoms with Crippen LogP contribution in [-0.2, 0) is 0 Å². The number of nitro benzene ring substituents is 1. The van der Waals surface area contributed by atoms with E-state index in [9.17, 15) is 20.0 Å². The molecule has 0 aliphatic carbocycles. The molecule has 0 aromatic heterocycles. The first-order chi connectivity index (χ1) is 9.49. The highest BCUT2D eigenvalue weighted by Crippen LogP contribution is 2.25. The molecule has 0 aliphatic heterocycles. The number of aliphatic hydroxyl groups is 1. The molecule has 0 fully saturated rings. The number of nitrogens with zero attached hydrogens (tertiary/aromatic N) is 1. The van der Waals surface area contributed by atoms with Gasteiger partial charge in [-0.05, 0) is 18.6 Å². The van der Waals surface area contributed by atoms with E-state index in [0.717, 1.165) is 6.42 Å². The van der Waals surface area contributed by atoms with Gasteiger partial charge in [0, 0.05) is 25.2 Å². The van der Waals surface area contributed by atoms with Crippen LogP contribution in [0.5, 0.6) is 0 Å². The third-order valence-corrected chi connectivity index (χ3v) is 2.83. The van der Waals surface area contributed by atoms with E-state index < -0.39 is 11.0 Å². The number of amides is 1. The smallest absolute Gasteiger partial charge is 0.292 e. The van der Waals surface area contributed by atoms with Gasteiger partial charge in [-0.15, -0.1) is 0 Å². The molecule has 0 saturated heterocycles. The normalized spacial score (nSPS) is 11.8. The zero-order valence-electron chi connectivity index (χ0n) is 11.5. The molecule has 0 bridgehead atoms. The Hall–Kier alpha value is -2.15. The highest BCUT2D eigenvalue weighted by molar-refractivity contribution is 5.95. The molecule has 7 nitrogen and oxygen atoms in total. The Morgan fingerprint density at radius 3 is 2.75 bits per heavy atom. The summed E-state index contributed by atoms with van der Waals surface area (Å²) in [6.07, 6.45) is 0.849. The molecule has 0 spiro atoms. The van der Waals surface area contributed by atoms with Gasteiger partial charge in [0.15, 0.2) is 0 Å². The SMILES string of the molecule is CCCC(O)CNc1cc(C(=O)NC)ccc1[N+](=O)[O-]. The first kappa shape index (κ1) is 15.9. The summed E-state index contributed by atoms with van der Waals surface area (Å²) in [5.74, 6) is -0.322. The molecule has 1 rings (SSSR count). The maximum absolute atomic E-state index is 11.5. The summed E-state index contributed by atoms with van der Waals surface area (Å²) >= 11 is 0. The van der Waals surface area contributed by atoms with E-state index in [0.29, 0.717) is 12.0 Å². The maximum Gasteiger partial charge on any atom is 0.292 e. The number of rotatable bonds is 7. The summed E-state index contributed by atoms with van der Waals surface area (Å²) in [5.41, 5.74) is 0.429. The van der Waals surface area contributed by atoms with Crippen LogP contribution >= 0.6 is 0 Å². The molecule has 110 valence electrons. The second kappa shape index (κ2) is 7.44. The Morgan fingerprint density at radius 2 is 2.20 bits per heavy atom. The molecule has 0 radical (unpaired) electrons. The van der Waals surface area contributed by atoms with Crippen LogP contribution in [0.15, 0.2) is 18.2 Å². The Balaban J connectivity index is 2.94. The molecule has 1 atom stereocenters. The van der Waals surface area contributed by atoms with Crippen LogP contribution < -0.4 is 10.6 Å². The van der Waals surface area contributed by atoms with Crippen LogP contribution in [-0.4, -0.2) is 35.6 Å². The van der Waals surface area contributed by atoms with Gasteiger partial charge in [0.1, 0.15) is 5.69 Å². The van der Waals surface area contributed by atoms with Gasteiger partial charge in [-0.1, -0.05) is 13.3 Å². The van der Waals surface area contributed by atoms with E-state index in [1.807, 2.05) is 6.92 Å². The van der Waals surface area contributed by atoms with Gasteiger partial charge >= 0.3 is 0 Å². The Labute approximate surface area is 117 Å². The fraction of sp³-hybridized carbons (Fsp3) is 0.462. The number of nitrogens with one attached hydrogen (secondary N) is 2. The highest BCUT2D eigenvalue weighted by atomic mass is 16.6. The molecule has 3 N–H and O–H groups in total. The number of hydrogen-bond acceptors (Lipinski definition) is 5. The monoisotopic (exact) mass is 281 g/mol. The predicted octanol–water partition coefficient (Wildman–Crippen LogP) is 1.53. The lowest BCUT2D eigenvalue weighted by Crippen LogP contribution is -2.21. The average molecular weight is 281 g/mol. The van der Waals surface area contributed by atoms with Crippen molar-refractivity contribution in [2.45, 2.75) is 25.9 Å². The average Bonchev–Trinajstić information content (AvgIpc) is 2.44. The minimum absolute atomic E-state index is 0.124. The van der Waals surface area contributed by atoms with Crippen LogP contribution in [0.1, 0.15) is 30.1 Å². The van der Waals surface area contributed by atoms with Crippen LogP contribution in [0.3, 0.4) is 0 Å². The Morgan fingerprint density at radius 1 is 1.50 bits per heavy atom. The zero-order valence-corrected chi connectivity index (χ0v) is 11.5. The number of benzene rings is 1. The van der Waals surface area contributed by atoms with Crippen LogP contribution in [0.2, 0.25) is 0 Å².